The lowest BCUT2D eigenvalue weighted by Crippen LogP contribution is -1.99. The van der Waals surface area contributed by atoms with Crippen molar-refractivity contribution in [2.24, 2.45) is 0 Å². The van der Waals surface area contributed by atoms with E-state index >= 15 is 0 Å². The van der Waals surface area contributed by atoms with Crippen LogP contribution in [-0.4, -0.2) is 10.7 Å². The topological polar surface area (TPSA) is 60.2 Å². The maximum atomic E-state index is 9.64. The van der Waals surface area contributed by atoms with Crippen molar-refractivity contribution in [2.75, 3.05) is 5.75 Å². The first kappa shape index (κ1) is 7.16. The highest BCUT2D eigenvalue weighted by atomic mass is 32.1. The van der Waals surface area contributed by atoms with Crippen LogP contribution in [0, 0.1) is 10.1 Å². The van der Waals surface area contributed by atoms with Crippen LogP contribution in [0.15, 0.2) is 12.3 Å². The lowest BCUT2D eigenvalue weighted by molar-refractivity contribution is -0.422. The first-order chi connectivity index (χ1) is 3.68. The van der Waals surface area contributed by atoms with E-state index in [0.29, 0.717) is 0 Å². The molecule has 0 aromatic rings. The number of nitro groups is 1. The Hall–Kier alpha value is -0.840. The van der Waals surface area contributed by atoms with Crippen LogP contribution in [-0.2, 0) is 15.9 Å². The van der Waals surface area contributed by atoms with Crippen LogP contribution in [0.4, 0.5) is 0 Å². The van der Waals surface area contributed by atoms with Gasteiger partial charge in [-0.25, -0.2) is 0 Å². The van der Waals surface area contributed by atoms with Gasteiger partial charge < -0.3 is 0 Å². The fraction of sp³-hybridized carbons (Fsp3) is 0.333. The Balaban J connectivity index is 3.65. The van der Waals surface area contributed by atoms with Crippen LogP contribution in [0.5, 0.6) is 0 Å². The summed E-state index contributed by atoms with van der Waals surface area (Å²) in [6.45, 7) is 3.02. The summed E-state index contributed by atoms with van der Waals surface area (Å²) in [5, 5.41) is 9.64. The lowest BCUT2D eigenvalue weighted by Gasteiger charge is -1.78. The van der Waals surface area contributed by atoms with Crippen molar-refractivity contribution in [1.82, 2.24) is 0 Å². The largest absolute Gasteiger partial charge is 0.470 e. The Morgan fingerprint density at radius 1 is 1.88 bits per heavy atom. The highest BCUT2D eigenvalue weighted by Crippen LogP contribution is 1.87. The second-order valence-electron chi connectivity index (χ2n) is 1.09. The van der Waals surface area contributed by atoms with E-state index in [4.69, 9.17) is 0 Å². The van der Waals surface area contributed by atoms with E-state index in [2.05, 4.69) is 6.58 Å². The molecule has 0 bridgehead atoms. The fourth-order valence-corrected chi connectivity index (χ4v) is 0.362. The van der Waals surface area contributed by atoms with Crippen molar-refractivity contribution in [3.05, 3.63) is 22.4 Å². The van der Waals surface area contributed by atoms with Crippen molar-refractivity contribution >= 4 is 11.7 Å². The summed E-state index contributed by atoms with van der Waals surface area (Å²) in [5.74, 6) is -0.146. The number of nitrogens with zero attached hydrogens (tertiary/aromatic N) is 1. The average Bonchev–Trinajstić information content (AvgIpc) is 1.67. The first-order valence-electron chi connectivity index (χ1n) is 1.75. The van der Waals surface area contributed by atoms with Gasteiger partial charge in [-0.3, -0.25) is 10.1 Å². The monoisotopic (exact) mass is 134 g/mol. The second kappa shape index (κ2) is 3.20. The van der Waals surface area contributed by atoms with Gasteiger partial charge in [-0.15, -0.1) is 0 Å². The first-order valence-corrected chi connectivity index (χ1v) is 2.66. The summed E-state index contributed by atoms with van der Waals surface area (Å²) in [5.41, 5.74) is -0.245. The van der Waals surface area contributed by atoms with Gasteiger partial charge in [-0.05, 0) is 6.58 Å². The molecule has 4 nitrogen and oxygen atoms in total. The van der Waals surface area contributed by atoms with E-state index in [1.165, 1.54) is 0 Å². The van der Waals surface area contributed by atoms with Gasteiger partial charge in [0.25, 0.3) is 0 Å². The summed E-state index contributed by atoms with van der Waals surface area (Å²) in [6.07, 6.45) is 0. The van der Waals surface area contributed by atoms with Crippen molar-refractivity contribution in [3.63, 3.8) is 0 Å². The van der Waals surface area contributed by atoms with Crippen molar-refractivity contribution in [3.8, 4) is 0 Å². The smallest absolute Gasteiger partial charge is 0.258 e. The quantitative estimate of drug-likeness (QED) is 0.315. The molecule has 44 valence electrons. The molecule has 0 rings (SSSR count). The van der Waals surface area contributed by atoms with Crippen LogP contribution in [0.3, 0.4) is 0 Å². The van der Waals surface area contributed by atoms with Crippen LogP contribution < -0.4 is 0 Å². The highest BCUT2D eigenvalue weighted by molar-refractivity contribution is 7.65. The maximum Gasteiger partial charge on any atom is 0.470 e. The van der Waals surface area contributed by atoms with Gasteiger partial charge in [-0.2, -0.15) is 0 Å². The molecule has 0 fully saturated rings. The Labute approximate surface area is 49.8 Å². The number of hydrogen-bond acceptors (Lipinski definition) is 3. The molecule has 0 unspecified atom stereocenters. The highest BCUT2D eigenvalue weighted by Gasteiger charge is 2.13. The predicted molar refractivity (Wildman–Crippen MR) is 29.1 cm³/mol. The summed E-state index contributed by atoms with van der Waals surface area (Å²) < 4.78 is 9.60. The van der Waals surface area contributed by atoms with E-state index in [0.717, 1.165) is 0 Å². The normalized spacial score (nSPS) is 8.00. The van der Waals surface area contributed by atoms with Gasteiger partial charge in [0.05, 0.1) is 4.92 Å². The molecular formula is C3H4NO3S+. The predicted octanol–water partition coefficient (Wildman–Crippen LogP) is 0.205. The summed E-state index contributed by atoms with van der Waals surface area (Å²) in [4.78, 5) is 8.98. The van der Waals surface area contributed by atoms with Crippen molar-refractivity contribution in [2.45, 2.75) is 0 Å². The standard InChI is InChI=1S/C3H4NO3S/c1-3(2-8-7)4(5)6/h1-2H2/q+1. The third-order valence-corrected chi connectivity index (χ3v) is 0.935. The molecule has 0 saturated heterocycles. The molecule has 5 heteroatoms. The molecule has 0 aromatic heterocycles. The van der Waals surface area contributed by atoms with Crippen LogP contribution in [0.25, 0.3) is 0 Å². The van der Waals surface area contributed by atoms with Gasteiger partial charge in [0.15, 0.2) is 0 Å². The molecule has 0 heterocycles. The zero-order valence-electron chi connectivity index (χ0n) is 3.99. The van der Waals surface area contributed by atoms with E-state index in [1.54, 1.807) is 0 Å². The van der Waals surface area contributed by atoms with Gasteiger partial charge >= 0.3 is 23.1 Å². The van der Waals surface area contributed by atoms with Gasteiger partial charge in [0, 0.05) is 4.21 Å². The Morgan fingerprint density at radius 2 is 2.38 bits per heavy atom. The second-order valence-corrected chi connectivity index (χ2v) is 1.61. The van der Waals surface area contributed by atoms with Crippen LogP contribution >= 0.6 is 0 Å². The van der Waals surface area contributed by atoms with E-state index in [9.17, 15) is 14.3 Å². The zero-order valence-corrected chi connectivity index (χ0v) is 4.81. The molecule has 0 atom stereocenters. The summed E-state index contributed by atoms with van der Waals surface area (Å²) in [6, 6.07) is 0. The molecule has 0 amide bonds. The molecule has 0 aliphatic heterocycles. The molecule has 0 N–H and O–H groups in total. The minimum Gasteiger partial charge on any atom is -0.258 e. The van der Waals surface area contributed by atoms with Crippen molar-refractivity contribution < 1.29 is 9.13 Å². The molecule has 0 spiro atoms. The molecule has 0 saturated carbocycles. The van der Waals surface area contributed by atoms with Crippen molar-refractivity contribution in [1.29, 1.82) is 0 Å². The molecule has 0 aromatic carbocycles. The molecule has 0 aliphatic rings. The minimum atomic E-state index is -0.662. The SMILES string of the molecule is C=C(C[S+]=O)[N+](=O)[O-]. The third kappa shape index (κ3) is 2.35. The minimum absolute atomic E-state index is 0.146. The Morgan fingerprint density at radius 3 is 2.50 bits per heavy atom. The molecule has 0 aliphatic carbocycles. The summed E-state index contributed by atoms with van der Waals surface area (Å²) >= 11 is 0.147. The molecule has 0 radical (unpaired) electrons. The number of rotatable bonds is 3. The third-order valence-electron chi connectivity index (χ3n) is 0.484. The maximum absolute atomic E-state index is 9.64. The molecular weight excluding hydrogens is 130 g/mol. The Bertz CT molecular complexity index is 132. The van der Waals surface area contributed by atoms with Crippen LogP contribution in [0.1, 0.15) is 0 Å². The summed E-state index contributed by atoms with van der Waals surface area (Å²) in [7, 11) is 0. The van der Waals surface area contributed by atoms with Gasteiger partial charge in [0.2, 0.25) is 0 Å². The van der Waals surface area contributed by atoms with Gasteiger partial charge in [-0.1, -0.05) is 0 Å². The lowest BCUT2D eigenvalue weighted by atomic mass is 10.6. The number of hydrogen-bond donors (Lipinski definition) is 0. The Kier molecular flexibility index (Phi) is 2.86. The zero-order chi connectivity index (χ0) is 6.57. The van der Waals surface area contributed by atoms with Gasteiger partial charge in [0.1, 0.15) is 0 Å². The average molecular weight is 134 g/mol. The molecule has 8 heavy (non-hydrogen) atoms. The van der Waals surface area contributed by atoms with Crippen LogP contribution in [0.2, 0.25) is 0 Å². The van der Waals surface area contributed by atoms with E-state index < -0.39 is 4.92 Å². The van der Waals surface area contributed by atoms with E-state index in [-0.39, 0.29) is 23.1 Å². The van der Waals surface area contributed by atoms with E-state index in [1.807, 2.05) is 0 Å². The fourth-order valence-electron chi connectivity index (χ4n) is 0.121.